The first-order chi connectivity index (χ1) is 14.6. The van der Waals surface area contributed by atoms with Crippen molar-refractivity contribution in [2.45, 2.75) is 6.42 Å². The standard InChI is InChI=1S/C23H23N3O3S/c1-26-13-17(12-25-26)16-5-7-22-18(11-16)19(14-30-22)23(27)24-9-8-15-4-6-20(28-2)21(10-15)29-3/h4-7,10-14H,8-9H2,1-3H3,(H,24,27). The van der Waals surface area contributed by atoms with Crippen molar-refractivity contribution in [1.82, 2.24) is 15.1 Å². The van der Waals surface area contributed by atoms with E-state index in [9.17, 15) is 4.79 Å². The van der Waals surface area contributed by atoms with Crippen molar-refractivity contribution < 1.29 is 14.3 Å². The van der Waals surface area contributed by atoms with Gasteiger partial charge in [-0.3, -0.25) is 9.48 Å². The molecule has 6 nitrogen and oxygen atoms in total. The summed E-state index contributed by atoms with van der Waals surface area (Å²) >= 11 is 1.58. The van der Waals surface area contributed by atoms with Crippen molar-refractivity contribution in [3.63, 3.8) is 0 Å². The number of rotatable bonds is 7. The Hall–Kier alpha value is -3.32. The number of hydrogen-bond acceptors (Lipinski definition) is 5. The zero-order chi connectivity index (χ0) is 21.1. The second kappa shape index (κ2) is 8.59. The van der Waals surface area contributed by atoms with E-state index in [0.717, 1.165) is 26.8 Å². The Kier molecular flexibility index (Phi) is 5.72. The molecule has 7 heteroatoms. The third-order valence-corrected chi connectivity index (χ3v) is 5.97. The van der Waals surface area contributed by atoms with Crippen LogP contribution < -0.4 is 14.8 Å². The lowest BCUT2D eigenvalue weighted by Crippen LogP contribution is -2.25. The Labute approximate surface area is 179 Å². The van der Waals surface area contributed by atoms with Gasteiger partial charge in [0.2, 0.25) is 0 Å². The number of carbonyl (C=O) groups excluding carboxylic acids is 1. The topological polar surface area (TPSA) is 65.4 Å². The highest BCUT2D eigenvalue weighted by Gasteiger charge is 2.14. The molecule has 30 heavy (non-hydrogen) atoms. The van der Waals surface area contributed by atoms with Gasteiger partial charge in [-0.05, 0) is 41.8 Å². The molecule has 0 fully saturated rings. The van der Waals surface area contributed by atoms with E-state index in [1.165, 1.54) is 0 Å². The zero-order valence-corrected chi connectivity index (χ0v) is 18.0. The van der Waals surface area contributed by atoms with Gasteiger partial charge in [0.1, 0.15) is 0 Å². The van der Waals surface area contributed by atoms with E-state index < -0.39 is 0 Å². The van der Waals surface area contributed by atoms with Crippen molar-refractivity contribution in [1.29, 1.82) is 0 Å². The van der Waals surface area contributed by atoms with Crippen LogP contribution in [0.4, 0.5) is 0 Å². The third-order valence-electron chi connectivity index (χ3n) is 5.00. The highest BCUT2D eigenvalue weighted by atomic mass is 32.1. The van der Waals surface area contributed by atoms with E-state index in [1.54, 1.807) is 30.2 Å². The smallest absolute Gasteiger partial charge is 0.252 e. The normalized spacial score (nSPS) is 10.9. The van der Waals surface area contributed by atoms with Crippen LogP contribution in [-0.4, -0.2) is 36.5 Å². The number of thiophene rings is 1. The molecular weight excluding hydrogens is 398 g/mol. The quantitative estimate of drug-likeness (QED) is 0.483. The predicted octanol–water partition coefficient (Wildman–Crippen LogP) is 4.29. The molecule has 0 atom stereocenters. The number of carbonyl (C=O) groups is 1. The molecule has 0 aliphatic carbocycles. The van der Waals surface area contributed by atoms with Crippen LogP contribution in [0.1, 0.15) is 15.9 Å². The molecule has 2 heterocycles. The van der Waals surface area contributed by atoms with Gasteiger partial charge in [-0.1, -0.05) is 12.1 Å². The summed E-state index contributed by atoms with van der Waals surface area (Å²) in [5, 5.41) is 10.2. The van der Waals surface area contributed by atoms with Gasteiger partial charge in [0.25, 0.3) is 5.91 Å². The fourth-order valence-electron chi connectivity index (χ4n) is 3.41. The lowest BCUT2D eigenvalue weighted by atomic mass is 10.1. The highest BCUT2D eigenvalue weighted by molar-refractivity contribution is 7.17. The van der Waals surface area contributed by atoms with Gasteiger partial charge in [0.15, 0.2) is 11.5 Å². The summed E-state index contributed by atoms with van der Waals surface area (Å²) in [5.74, 6) is 1.32. The SMILES string of the molecule is COc1ccc(CCNC(=O)c2csc3ccc(-c4cnn(C)c4)cc23)cc1OC. The first kappa shape index (κ1) is 20.0. The second-order valence-electron chi connectivity index (χ2n) is 6.96. The zero-order valence-electron chi connectivity index (χ0n) is 17.1. The second-order valence-corrected chi connectivity index (χ2v) is 7.87. The summed E-state index contributed by atoms with van der Waals surface area (Å²) in [4.78, 5) is 12.8. The van der Waals surface area contributed by atoms with Crippen LogP contribution in [0.5, 0.6) is 11.5 Å². The summed E-state index contributed by atoms with van der Waals surface area (Å²) in [6.07, 6.45) is 4.50. The van der Waals surface area contributed by atoms with Crippen molar-refractivity contribution >= 4 is 27.3 Å². The number of methoxy groups -OCH3 is 2. The van der Waals surface area contributed by atoms with E-state index in [2.05, 4.69) is 28.6 Å². The van der Waals surface area contributed by atoms with Gasteiger partial charge >= 0.3 is 0 Å². The molecule has 2 aromatic carbocycles. The van der Waals surface area contributed by atoms with Gasteiger partial charge in [-0.25, -0.2) is 0 Å². The fourth-order valence-corrected chi connectivity index (χ4v) is 4.33. The Morgan fingerprint density at radius 3 is 2.67 bits per heavy atom. The lowest BCUT2D eigenvalue weighted by molar-refractivity contribution is 0.0956. The van der Waals surface area contributed by atoms with Crippen LogP contribution in [0.25, 0.3) is 21.2 Å². The minimum absolute atomic E-state index is 0.0648. The molecule has 0 spiro atoms. The van der Waals surface area contributed by atoms with E-state index in [4.69, 9.17) is 9.47 Å². The third kappa shape index (κ3) is 4.02. The van der Waals surface area contributed by atoms with Crippen molar-refractivity contribution in [2.75, 3.05) is 20.8 Å². The number of hydrogen-bond donors (Lipinski definition) is 1. The van der Waals surface area contributed by atoms with Crippen LogP contribution in [0.15, 0.2) is 54.2 Å². The largest absolute Gasteiger partial charge is 0.493 e. The van der Waals surface area contributed by atoms with Crippen molar-refractivity contribution in [2.24, 2.45) is 7.05 Å². The van der Waals surface area contributed by atoms with Gasteiger partial charge < -0.3 is 14.8 Å². The van der Waals surface area contributed by atoms with Gasteiger partial charge in [0.05, 0.1) is 26.0 Å². The minimum Gasteiger partial charge on any atom is -0.493 e. The molecular formula is C23H23N3O3S. The molecule has 0 saturated carbocycles. The first-order valence-electron chi connectivity index (χ1n) is 9.58. The number of aromatic nitrogens is 2. The number of benzene rings is 2. The number of nitrogens with zero attached hydrogens (tertiary/aromatic N) is 2. The van der Waals surface area contributed by atoms with E-state index >= 15 is 0 Å². The summed E-state index contributed by atoms with van der Waals surface area (Å²) in [6.45, 7) is 0.536. The average Bonchev–Trinajstić information content (AvgIpc) is 3.39. The molecule has 4 aromatic rings. The Morgan fingerprint density at radius 1 is 1.10 bits per heavy atom. The van der Waals surface area contributed by atoms with Crippen LogP contribution in [0.2, 0.25) is 0 Å². The molecule has 0 aliphatic rings. The molecule has 0 saturated heterocycles. The molecule has 0 bridgehead atoms. The van der Waals surface area contributed by atoms with E-state index in [1.807, 2.05) is 43.0 Å². The molecule has 0 aliphatic heterocycles. The van der Waals surface area contributed by atoms with Gasteiger partial charge in [0, 0.05) is 40.8 Å². The van der Waals surface area contributed by atoms with Crippen LogP contribution in [0, 0.1) is 0 Å². The van der Waals surface area contributed by atoms with Crippen molar-refractivity contribution in [3.8, 4) is 22.6 Å². The molecule has 1 N–H and O–H groups in total. The summed E-state index contributed by atoms with van der Waals surface area (Å²) in [5.41, 5.74) is 3.86. The summed E-state index contributed by atoms with van der Waals surface area (Å²) in [6, 6.07) is 12.0. The van der Waals surface area contributed by atoms with Crippen LogP contribution >= 0.6 is 11.3 Å². The first-order valence-corrected chi connectivity index (χ1v) is 10.5. The summed E-state index contributed by atoms with van der Waals surface area (Å²) in [7, 11) is 5.12. The van der Waals surface area contributed by atoms with E-state index in [-0.39, 0.29) is 5.91 Å². The fraction of sp³-hybridized carbons (Fsp3) is 0.217. The Bertz CT molecular complexity index is 1200. The van der Waals surface area contributed by atoms with Crippen molar-refractivity contribution in [3.05, 3.63) is 65.3 Å². The van der Waals surface area contributed by atoms with Crippen LogP contribution in [0.3, 0.4) is 0 Å². The average molecular weight is 422 g/mol. The Balaban J connectivity index is 1.47. The monoisotopic (exact) mass is 421 g/mol. The molecule has 0 radical (unpaired) electrons. The summed E-state index contributed by atoms with van der Waals surface area (Å²) < 4.78 is 13.5. The molecule has 0 unspecified atom stereocenters. The van der Waals surface area contributed by atoms with E-state index in [0.29, 0.717) is 30.0 Å². The van der Waals surface area contributed by atoms with Crippen LogP contribution in [-0.2, 0) is 13.5 Å². The van der Waals surface area contributed by atoms with Gasteiger partial charge in [-0.2, -0.15) is 5.10 Å². The number of aryl methyl sites for hydroxylation is 1. The number of ether oxygens (including phenoxy) is 2. The molecule has 1 amide bonds. The highest BCUT2D eigenvalue weighted by Crippen LogP contribution is 2.31. The molecule has 2 aromatic heterocycles. The lowest BCUT2D eigenvalue weighted by Gasteiger charge is -2.10. The molecule has 4 rings (SSSR count). The molecule has 154 valence electrons. The maximum atomic E-state index is 12.8. The Morgan fingerprint density at radius 2 is 1.93 bits per heavy atom. The maximum Gasteiger partial charge on any atom is 0.252 e. The predicted molar refractivity (Wildman–Crippen MR) is 120 cm³/mol. The maximum absolute atomic E-state index is 12.8. The number of amides is 1. The number of nitrogens with one attached hydrogen (secondary N) is 1. The number of fused-ring (bicyclic) bond motifs is 1. The minimum atomic E-state index is -0.0648. The van der Waals surface area contributed by atoms with Gasteiger partial charge in [-0.15, -0.1) is 11.3 Å².